The number of nitrogens with zero attached hydrogens (tertiary/aromatic N) is 2. The molecule has 0 spiro atoms. The van der Waals surface area contributed by atoms with Crippen molar-refractivity contribution in [2.45, 2.75) is 18.9 Å². The molecule has 0 radical (unpaired) electrons. The predicted molar refractivity (Wildman–Crippen MR) is 62.0 cm³/mol. The third-order valence-corrected chi connectivity index (χ3v) is 4.53. The summed E-state index contributed by atoms with van der Waals surface area (Å²) in [6.07, 6.45) is 2.55. The molecule has 7 heteroatoms. The van der Waals surface area contributed by atoms with Crippen molar-refractivity contribution in [2.75, 3.05) is 39.1 Å². The van der Waals surface area contributed by atoms with E-state index in [0.717, 1.165) is 12.7 Å². The highest BCUT2D eigenvalue weighted by molar-refractivity contribution is 7.88. The lowest BCUT2D eigenvalue weighted by molar-refractivity contribution is -0.138. The quantitative estimate of drug-likeness (QED) is 0.658. The van der Waals surface area contributed by atoms with Crippen LogP contribution in [0.2, 0.25) is 0 Å². The van der Waals surface area contributed by atoms with Crippen molar-refractivity contribution in [2.24, 2.45) is 0 Å². The number of amides is 1. The summed E-state index contributed by atoms with van der Waals surface area (Å²) in [5, 5.41) is 0. The van der Waals surface area contributed by atoms with Gasteiger partial charge in [-0.3, -0.25) is 4.79 Å². The molecule has 17 heavy (non-hydrogen) atoms. The Morgan fingerprint density at radius 2 is 1.88 bits per heavy atom. The minimum atomic E-state index is -3.28. The zero-order valence-corrected chi connectivity index (χ0v) is 10.8. The van der Waals surface area contributed by atoms with E-state index in [1.54, 1.807) is 4.90 Å². The van der Waals surface area contributed by atoms with Crippen LogP contribution in [-0.2, 0) is 19.6 Å². The molecular weight excluding hydrogens is 244 g/mol. The van der Waals surface area contributed by atoms with Crippen LogP contribution in [0.15, 0.2) is 0 Å². The van der Waals surface area contributed by atoms with Gasteiger partial charge in [-0.2, -0.15) is 4.31 Å². The average molecular weight is 262 g/mol. The van der Waals surface area contributed by atoms with Gasteiger partial charge < -0.3 is 9.64 Å². The lowest BCUT2D eigenvalue weighted by Gasteiger charge is -2.31. The number of hydrogen-bond acceptors (Lipinski definition) is 4. The fourth-order valence-corrected chi connectivity index (χ4v) is 3.50. The smallest absolute Gasteiger partial charge is 0.241 e. The van der Waals surface area contributed by atoms with Crippen molar-refractivity contribution in [1.82, 2.24) is 9.21 Å². The second-order valence-corrected chi connectivity index (χ2v) is 6.40. The number of rotatable bonds is 2. The Kier molecular flexibility index (Phi) is 3.70. The van der Waals surface area contributed by atoms with E-state index in [1.807, 2.05) is 0 Å². The van der Waals surface area contributed by atoms with E-state index in [4.69, 9.17) is 4.74 Å². The molecule has 0 unspecified atom stereocenters. The Morgan fingerprint density at radius 1 is 1.24 bits per heavy atom. The third kappa shape index (κ3) is 2.78. The molecule has 0 bridgehead atoms. The SMILES string of the molecule is CS(=O)(=O)N1CCC[C@@H]1C(=O)N1CCOCC1. The van der Waals surface area contributed by atoms with E-state index in [-0.39, 0.29) is 5.91 Å². The summed E-state index contributed by atoms with van der Waals surface area (Å²) in [7, 11) is -3.28. The van der Waals surface area contributed by atoms with E-state index in [0.29, 0.717) is 39.3 Å². The summed E-state index contributed by atoms with van der Waals surface area (Å²) < 4.78 is 29.6. The zero-order valence-electron chi connectivity index (χ0n) is 9.96. The minimum Gasteiger partial charge on any atom is -0.378 e. The minimum absolute atomic E-state index is 0.0729. The van der Waals surface area contributed by atoms with Crippen molar-refractivity contribution < 1.29 is 17.9 Å². The van der Waals surface area contributed by atoms with Crippen LogP contribution < -0.4 is 0 Å². The Hall–Kier alpha value is -0.660. The molecule has 2 heterocycles. The number of sulfonamides is 1. The van der Waals surface area contributed by atoms with Crippen LogP contribution in [0.1, 0.15) is 12.8 Å². The molecule has 1 amide bonds. The molecule has 0 aromatic rings. The molecule has 0 aromatic heterocycles. The first-order chi connectivity index (χ1) is 8.00. The largest absolute Gasteiger partial charge is 0.378 e. The van der Waals surface area contributed by atoms with E-state index < -0.39 is 16.1 Å². The van der Waals surface area contributed by atoms with Gasteiger partial charge >= 0.3 is 0 Å². The van der Waals surface area contributed by atoms with E-state index in [9.17, 15) is 13.2 Å². The summed E-state index contributed by atoms with van der Waals surface area (Å²) >= 11 is 0. The fraction of sp³-hybridized carbons (Fsp3) is 0.900. The van der Waals surface area contributed by atoms with Crippen LogP contribution >= 0.6 is 0 Å². The maximum absolute atomic E-state index is 12.2. The van der Waals surface area contributed by atoms with E-state index in [2.05, 4.69) is 0 Å². The van der Waals surface area contributed by atoms with Crippen molar-refractivity contribution in [3.8, 4) is 0 Å². The number of ether oxygens (including phenoxy) is 1. The molecule has 2 rings (SSSR count). The molecule has 2 aliphatic heterocycles. The number of hydrogen-bond donors (Lipinski definition) is 0. The van der Waals surface area contributed by atoms with Crippen LogP contribution in [0.5, 0.6) is 0 Å². The first-order valence-electron chi connectivity index (χ1n) is 5.83. The van der Waals surface area contributed by atoms with Crippen molar-refractivity contribution in [1.29, 1.82) is 0 Å². The van der Waals surface area contributed by atoms with Gasteiger partial charge in [-0.1, -0.05) is 0 Å². The Balaban J connectivity index is 2.07. The molecule has 2 fully saturated rings. The lowest BCUT2D eigenvalue weighted by atomic mass is 10.2. The molecule has 2 aliphatic rings. The Bertz CT molecular complexity index is 389. The summed E-state index contributed by atoms with van der Waals surface area (Å²) in [4.78, 5) is 13.9. The van der Waals surface area contributed by atoms with Gasteiger partial charge in [-0.15, -0.1) is 0 Å². The lowest BCUT2D eigenvalue weighted by Crippen LogP contribution is -2.50. The summed E-state index contributed by atoms with van der Waals surface area (Å²) in [5.74, 6) is -0.0729. The summed E-state index contributed by atoms with van der Waals surface area (Å²) in [6, 6.07) is -0.497. The van der Waals surface area contributed by atoms with E-state index in [1.165, 1.54) is 4.31 Å². The molecular formula is C10H18N2O4S. The van der Waals surface area contributed by atoms with Crippen LogP contribution in [0, 0.1) is 0 Å². The molecule has 2 saturated heterocycles. The van der Waals surface area contributed by atoms with Gasteiger partial charge in [0.2, 0.25) is 15.9 Å². The molecule has 6 nitrogen and oxygen atoms in total. The second-order valence-electron chi connectivity index (χ2n) is 4.47. The monoisotopic (exact) mass is 262 g/mol. The first kappa shape index (κ1) is 12.8. The molecule has 1 atom stereocenters. The van der Waals surface area contributed by atoms with Gasteiger partial charge in [0.15, 0.2) is 0 Å². The van der Waals surface area contributed by atoms with Crippen molar-refractivity contribution >= 4 is 15.9 Å². The van der Waals surface area contributed by atoms with Gasteiger partial charge in [0.1, 0.15) is 6.04 Å². The average Bonchev–Trinajstić information content (AvgIpc) is 2.78. The Morgan fingerprint density at radius 3 is 2.47 bits per heavy atom. The summed E-state index contributed by atoms with van der Waals surface area (Å²) in [6.45, 7) is 2.66. The van der Waals surface area contributed by atoms with E-state index >= 15 is 0 Å². The van der Waals surface area contributed by atoms with Gasteiger partial charge in [0.05, 0.1) is 19.5 Å². The van der Waals surface area contributed by atoms with Crippen LogP contribution in [0.3, 0.4) is 0 Å². The van der Waals surface area contributed by atoms with Crippen LogP contribution in [-0.4, -0.2) is 68.7 Å². The fourth-order valence-electron chi connectivity index (χ4n) is 2.38. The number of morpholine rings is 1. The molecule has 98 valence electrons. The highest BCUT2D eigenvalue weighted by atomic mass is 32.2. The third-order valence-electron chi connectivity index (χ3n) is 3.24. The maximum atomic E-state index is 12.2. The normalized spacial score (nSPS) is 27.4. The highest BCUT2D eigenvalue weighted by Gasteiger charge is 2.38. The molecule has 0 aliphatic carbocycles. The standard InChI is InChI=1S/C10H18N2O4S/c1-17(14,15)12-4-2-3-9(12)10(13)11-5-7-16-8-6-11/h9H,2-8H2,1H3/t9-/m1/s1. The zero-order chi connectivity index (χ0) is 12.5. The second kappa shape index (κ2) is 4.91. The highest BCUT2D eigenvalue weighted by Crippen LogP contribution is 2.22. The van der Waals surface area contributed by atoms with Gasteiger partial charge in [0.25, 0.3) is 0 Å². The van der Waals surface area contributed by atoms with Gasteiger partial charge in [0, 0.05) is 19.6 Å². The van der Waals surface area contributed by atoms with Gasteiger partial charge in [-0.25, -0.2) is 8.42 Å². The van der Waals surface area contributed by atoms with Gasteiger partial charge in [-0.05, 0) is 12.8 Å². The molecule has 0 aromatic carbocycles. The maximum Gasteiger partial charge on any atom is 0.241 e. The van der Waals surface area contributed by atoms with Crippen molar-refractivity contribution in [3.63, 3.8) is 0 Å². The first-order valence-corrected chi connectivity index (χ1v) is 7.68. The predicted octanol–water partition coefficient (Wildman–Crippen LogP) is -0.731. The topological polar surface area (TPSA) is 66.9 Å². The van der Waals surface area contributed by atoms with Crippen LogP contribution in [0.25, 0.3) is 0 Å². The summed E-state index contributed by atoms with van der Waals surface area (Å²) in [5.41, 5.74) is 0. The Labute approximate surface area is 102 Å². The number of carbonyl (C=O) groups excluding carboxylic acids is 1. The number of carbonyl (C=O) groups is 1. The van der Waals surface area contributed by atoms with Crippen LogP contribution in [0.4, 0.5) is 0 Å². The molecule has 0 N–H and O–H groups in total. The van der Waals surface area contributed by atoms with Crippen molar-refractivity contribution in [3.05, 3.63) is 0 Å². The molecule has 0 saturated carbocycles.